The number of aliphatic hydroxyl groups is 2. The number of Topliss-reactive ketones (excluding diaryl/α,β-unsaturated/α-hetero) is 3. The van der Waals surface area contributed by atoms with Gasteiger partial charge in [0.1, 0.15) is 23.9 Å². The molecule has 0 aliphatic carbocycles. The Kier molecular flexibility index (Phi) is 27.2. The summed E-state index contributed by atoms with van der Waals surface area (Å²) in [5.74, 6) is -10.2. The summed E-state index contributed by atoms with van der Waals surface area (Å²) in [6.07, 6.45) is -2.75. The number of ketones is 3. The number of benzene rings is 3. The molecular weight excluding hydrogens is 1150 g/mol. The standard InChI is InChI=1S/C62H85N13O14/c1-34(2)24-47(52(80)28-39(14-11-23-67-61(65)66-5)57(85)73-49(56(64)84)27-40-31-68-45-16-10-9-15-43(40)45)74-62(89)69-32-54(82)48(25-37-12-7-6-8-13-37)72-58(86)44(35(3)76)30-53(81)46(21-22-55(63)83)71-59(87)51-29-42(79)33-75(51)60(88)50(70-36(4)77)26-38-17-19-41(78)20-18-38/h6-10,12-13,15-20,31,34-35,39,42,44,46-51,68,76,78-79H,11,14,21-30,32-33H2,1-5H3,(H2,63,83)(H2,64,84)(H,70,77)(H,71,87)(H,72,86)(H,73,85)(H3,65,66,67)(H2,69,74,89)/t35-,39-,42-,44+,46+,47+,48+,49+,50-,51+/m1/s1. The molecule has 1 aliphatic heterocycles. The number of carbonyl (C=O) groups excluding carboxylic acids is 11. The van der Waals surface area contributed by atoms with Gasteiger partial charge >= 0.3 is 6.03 Å². The molecule has 27 heteroatoms. The minimum atomic E-state index is -1.57. The Labute approximate surface area is 515 Å². The number of urea groups is 1. The number of phenols is 1. The van der Waals surface area contributed by atoms with Crippen LogP contribution in [0.2, 0.25) is 0 Å². The molecule has 17 N–H and O–H groups in total. The monoisotopic (exact) mass is 1240 g/mol. The second-order valence-electron chi connectivity index (χ2n) is 22.9. The van der Waals surface area contributed by atoms with E-state index in [0.29, 0.717) is 17.5 Å². The molecule has 0 bridgehead atoms. The number of β-amino-alcohol motifs (C(OH)–C–C–N with tert-alkyl or cyclic N) is 1. The van der Waals surface area contributed by atoms with Crippen molar-refractivity contribution in [3.63, 3.8) is 0 Å². The largest absolute Gasteiger partial charge is 0.508 e. The second-order valence-corrected chi connectivity index (χ2v) is 22.9. The number of H-pyrrole nitrogens is 1. The number of hydrogen-bond donors (Lipinski definition) is 14. The van der Waals surface area contributed by atoms with E-state index in [-0.39, 0.29) is 82.1 Å². The van der Waals surface area contributed by atoms with Crippen LogP contribution in [0.4, 0.5) is 4.79 Å². The van der Waals surface area contributed by atoms with Crippen LogP contribution >= 0.6 is 0 Å². The number of nitrogens with one attached hydrogen (secondary N) is 8. The first kappa shape index (κ1) is 70.5. The highest BCUT2D eigenvalue weighted by atomic mass is 16.3. The molecule has 89 heavy (non-hydrogen) atoms. The van der Waals surface area contributed by atoms with Gasteiger partial charge in [-0.15, -0.1) is 0 Å². The number of guanidine groups is 1. The number of nitrogens with zero attached hydrogens (tertiary/aromatic N) is 2. The lowest BCUT2D eigenvalue weighted by Crippen LogP contribution is -2.56. The number of para-hydroxylation sites is 1. The summed E-state index contributed by atoms with van der Waals surface area (Å²) in [6, 6.07) is 13.0. The Bertz CT molecular complexity index is 3150. The smallest absolute Gasteiger partial charge is 0.315 e. The predicted molar refractivity (Wildman–Crippen MR) is 329 cm³/mol. The zero-order valence-electron chi connectivity index (χ0n) is 50.8. The summed E-state index contributed by atoms with van der Waals surface area (Å²) in [5, 5.41) is 50.9. The maximum absolute atomic E-state index is 14.3. The van der Waals surface area contributed by atoms with Gasteiger partial charge in [0, 0.05) is 88.6 Å². The molecule has 1 saturated heterocycles. The van der Waals surface area contributed by atoms with E-state index in [0.717, 1.165) is 21.4 Å². The van der Waals surface area contributed by atoms with E-state index in [1.807, 2.05) is 38.1 Å². The first-order valence-corrected chi connectivity index (χ1v) is 29.6. The molecule has 9 amide bonds. The van der Waals surface area contributed by atoms with E-state index in [2.05, 4.69) is 47.2 Å². The normalized spacial score (nSPS) is 16.7. The highest BCUT2D eigenvalue weighted by Crippen LogP contribution is 2.24. The molecule has 0 spiro atoms. The molecule has 1 aliphatic rings. The van der Waals surface area contributed by atoms with Gasteiger partial charge in [0.05, 0.1) is 42.8 Å². The van der Waals surface area contributed by atoms with Crippen molar-refractivity contribution in [2.24, 2.45) is 39.9 Å². The Morgan fingerprint density at radius 3 is 1.98 bits per heavy atom. The van der Waals surface area contributed by atoms with Crippen LogP contribution in [-0.2, 0) is 67.2 Å². The quantitative estimate of drug-likeness (QED) is 0.0160. The molecule has 2 heterocycles. The zero-order chi connectivity index (χ0) is 65.5. The van der Waals surface area contributed by atoms with Crippen molar-refractivity contribution in [1.82, 2.24) is 47.1 Å². The predicted octanol–water partition coefficient (Wildman–Crippen LogP) is -0.298. The van der Waals surface area contributed by atoms with Gasteiger partial charge < -0.3 is 79.6 Å². The highest BCUT2D eigenvalue weighted by Gasteiger charge is 2.43. The lowest BCUT2D eigenvalue weighted by molar-refractivity contribution is -0.142. The Morgan fingerprint density at radius 1 is 0.697 bits per heavy atom. The van der Waals surface area contributed by atoms with Gasteiger partial charge in [0.15, 0.2) is 23.3 Å². The minimum Gasteiger partial charge on any atom is -0.508 e. The van der Waals surface area contributed by atoms with E-state index < -0.39 is 144 Å². The minimum absolute atomic E-state index is 0.0350. The lowest BCUT2D eigenvalue weighted by atomic mass is 9.90. The van der Waals surface area contributed by atoms with Crippen LogP contribution in [-0.4, -0.2) is 171 Å². The van der Waals surface area contributed by atoms with Gasteiger partial charge in [-0.1, -0.05) is 74.5 Å². The third-order valence-corrected chi connectivity index (χ3v) is 15.3. The number of amides is 9. The summed E-state index contributed by atoms with van der Waals surface area (Å²) in [5.41, 5.74) is 19.7. The van der Waals surface area contributed by atoms with E-state index in [1.54, 1.807) is 48.7 Å². The van der Waals surface area contributed by atoms with Gasteiger partial charge in [-0.05, 0) is 79.8 Å². The van der Waals surface area contributed by atoms with Crippen LogP contribution in [0.5, 0.6) is 5.75 Å². The van der Waals surface area contributed by atoms with Crippen LogP contribution in [0.15, 0.2) is 90.1 Å². The second kappa shape index (κ2) is 34.3. The van der Waals surface area contributed by atoms with Crippen molar-refractivity contribution in [3.05, 3.63) is 102 Å². The van der Waals surface area contributed by atoms with Crippen LogP contribution < -0.4 is 54.4 Å². The summed E-state index contributed by atoms with van der Waals surface area (Å²) >= 11 is 0. The van der Waals surface area contributed by atoms with Gasteiger partial charge in [-0.25, -0.2) is 4.79 Å². The highest BCUT2D eigenvalue weighted by molar-refractivity contribution is 5.99. The van der Waals surface area contributed by atoms with Crippen molar-refractivity contribution < 1.29 is 68.1 Å². The topological polar surface area (TPSA) is 442 Å². The third-order valence-electron chi connectivity index (χ3n) is 15.3. The SMILES string of the molecule is CN=C(N)NCCC[C@H](CC(=O)[C@H](CC(C)C)NC(=O)NCC(=O)[C@H](Cc1ccccc1)NC(=O)[C@@H](CC(=O)[C@H](CCC(N)=O)NC(=O)[C@@H]1C[C@@H](O)CN1C(=O)[C@@H](Cc1ccc(O)cc1)NC(C)=O)[C@@H](C)O)C(=O)N[C@@H](Cc1c[nH]c2ccccc12)C(N)=O. The average Bonchev–Trinajstić information content (AvgIpc) is 2.21. The first-order chi connectivity index (χ1) is 42.2. The van der Waals surface area contributed by atoms with Crippen molar-refractivity contribution in [2.75, 3.05) is 26.7 Å². The molecule has 0 unspecified atom stereocenters. The zero-order valence-corrected chi connectivity index (χ0v) is 50.8. The van der Waals surface area contributed by atoms with Gasteiger partial charge in [-0.2, -0.15) is 0 Å². The van der Waals surface area contributed by atoms with Crippen LogP contribution in [0.3, 0.4) is 0 Å². The number of rotatable bonds is 35. The van der Waals surface area contributed by atoms with Crippen LogP contribution in [0, 0.1) is 17.8 Å². The first-order valence-electron chi connectivity index (χ1n) is 29.6. The maximum Gasteiger partial charge on any atom is 0.315 e. The molecule has 0 saturated carbocycles. The fraction of sp³-hybridized carbons (Fsp3) is 0.484. The lowest BCUT2D eigenvalue weighted by Gasteiger charge is -2.30. The van der Waals surface area contributed by atoms with Gasteiger partial charge in [-0.3, -0.25) is 52.9 Å². The number of nitrogens with two attached hydrogens (primary N) is 3. The number of aliphatic imine (C=N–C) groups is 1. The van der Waals surface area contributed by atoms with Crippen molar-refractivity contribution >= 4 is 81.6 Å². The fourth-order valence-electron chi connectivity index (χ4n) is 10.5. The molecule has 3 aromatic carbocycles. The van der Waals surface area contributed by atoms with Gasteiger partial charge in [0.25, 0.3) is 0 Å². The van der Waals surface area contributed by atoms with E-state index in [4.69, 9.17) is 17.2 Å². The number of fused-ring (bicyclic) bond motifs is 1. The summed E-state index contributed by atoms with van der Waals surface area (Å²) in [6.45, 7) is 5.33. The Hall–Kier alpha value is -9.24. The van der Waals surface area contributed by atoms with Crippen LogP contribution in [0.25, 0.3) is 10.9 Å². The molecule has 1 fully saturated rings. The molecule has 27 nitrogen and oxygen atoms in total. The summed E-state index contributed by atoms with van der Waals surface area (Å²) in [4.78, 5) is 158. The van der Waals surface area contributed by atoms with E-state index >= 15 is 0 Å². The Morgan fingerprint density at radius 2 is 1.34 bits per heavy atom. The van der Waals surface area contributed by atoms with E-state index in [9.17, 15) is 68.1 Å². The third kappa shape index (κ3) is 22.5. The van der Waals surface area contributed by atoms with Gasteiger partial charge in [0.2, 0.25) is 41.4 Å². The van der Waals surface area contributed by atoms with Crippen molar-refractivity contribution in [1.29, 1.82) is 0 Å². The number of carbonyl (C=O) groups is 11. The van der Waals surface area contributed by atoms with E-state index in [1.165, 1.54) is 33.0 Å². The molecular formula is C62H85N13O14. The molecule has 5 rings (SSSR count). The summed E-state index contributed by atoms with van der Waals surface area (Å²) in [7, 11) is 1.50. The molecule has 10 atom stereocenters. The van der Waals surface area contributed by atoms with Crippen molar-refractivity contribution in [3.8, 4) is 5.75 Å². The Balaban J connectivity index is 1.28. The summed E-state index contributed by atoms with van der Waals surface area (Å²) < 4.78 is 0. The van der Waals surface area contributed by atoms with Crippen LogP contribution in [0.1, 0.15) is 95.8 Å². The van der Waals surface area contributed by atoms with Crippen molar-refractivity contribution in [2.45, 2.75) is 147 Å². The number of likely N-dealkylation sites (tertiary alicyclic amines) is 1. The maximum atomic E-state index is 14.3. The number of aromatic amines is 1. The number of aromatic hydroxyl groups is 1. The number of hydrogen-bond acceptors (Lipinski definition) is 15. The molecule has 4 aromatic rings. The average molecular weight is 1240 g/mol. The number of aromatic nitrogens is 1. The number of primary amides is 2. The number of phenolic OH excluding ortho intramolecular Hbond substituents is 1. The number of aliphatic hydroxyl groups excluding tert-OH is 2. The molecule has 1 aromatic heterocycles. The fourth-order valence-corrected chi connectivity index (χ4v) is 10.5. The molecule has 0 radical (unpaired) electrons. The molecule has 482 valence electrons.